The number of rotatable bonds is 2. The maximum Gasteiger partial charge on any atom is 0.415 e. The second-order valence-corrected chi connectivity index (χ2v) is 6.25. The summed E-state index contributed by atoms with van der Waals surface area (Å²) in [6.07, 6.45) is 1.54. The minimum absolute atomic E-state index is 0.175. The largest absolute Gasteiger partial charge is 0.478 e. The van der Waals surface area contributed by atoms with E-state index in [-0.39, 0.29) is 11.7 Å². The highest BCUT2D eigenvalue weighted by Gasteiger charge is 2.46. The van der Waals surface area contributed by atoms with Crippen LogP contribution in [0.4, 0.5) is 10.5 Å². The smallest absolute Gasteiger partial charge is 0.415 e. The van der Waals surface area contributed by atoms with Crippen LogP contribution in [0.3, 0.4) is 0 Å². The van der Waals surface area contributed by atoms with E-state index < -0.39 is 11.6 Å². The molecule has 6 heteroatoms. The summed E-state index contributed by atoms with van der Waals surface area (Å²) >= 11 is 1.80. The van der Waals surface area contributed by atoms with Gasteiger partial charge in [0.25, 0.3) is 0 Å². The fraction of sp³-hybridized carbons (Fsp3) is 0.429. The molecule has 1 N–H and O–H groups in total. The summed E-state index contributed by atoms with van der Waals surface area (Å²) in [5.41, 5.74) is 0.357. The number of nitrogens with zero attached hydrogens (tertiary/aromatic N) is 1. The molecule has 2 aliphatic rings. The van der Waals surface area contributed by atoms with Crippen molar-refractivity contribution in [1.82, 2.24) is 0 Å². The number of anilines is 1. The third kappa shape index (κ3) is 2.35. The molecule has 106 valence electrons. The number of carboxylic acid groups (broad SMARTS) is 1. The first-order valence-electron chi connectivity index (χ1n) is 6.51. The van der Waals surface area contributed by atoms with Gasteiger partial charge in [0.1, 0.15) is 5.60 Å². The van der Waals surface area contributed by atoms with E-state index in [0.717, 1.165) is 24.3 Å². The number of carbonyl (C=O) groups is 2. The molecule has 3 rings (SSSR count). The van der Waals surface area contributed by atoms with Crippen molar-refractivity contribution in [3.05, 3.63) is 29.8 Å². The van der Waals surface area contributed by atoms with Crippen molar-refractivity contribution in [3.63, 3.8) is 0 Å². The van der Waals surface area contributed by atoms with Crippen LogP contribution in [-0.2, 0) is 4.74 Å². The van der Waals surface area contributed by atoms with Crippen molar-refractivity contribution in [2.24, 2.45) is 0 Å². The number of aromatic carboxylic acids is 1. The summed E-state index contributed by atoms with van der Waals surface area (Å²) in [6, 6.07) is 6.41. The molecule has 20 heavy (non-hydrogen) atoms. The first-order valence-corrected chi connectivity index (χ1v) is 7.67. The van der Waals surface area contributed by atoms with E-state index >= 15 is 0 Å². The Hall–Kier alpha value is -1.69. The Balaban J connectivity index is 1.85. The second-order valence-electron chi connectivity index (χ2n) is 5.15. The van der Waals surface area contributed by atoms with E-state index in [2.05, 4.69) is 0 Å². The monoisotopic (exact) mass is 293 g/mol. The zero-order chi connectivity index (χ0) is 14.2. The maximum atomic E-state index is 12.1. The van der Waals surface area contributed by atoms with Crippen molar-refractivity contribution in [1.29, 1.82) is 0 Å². The van der Waals surface area contributed by atoms with Crippen molar-refractivity contribution in [3.8, 4) is 0 Å². The average molecular weight is 293 g/mol. The lowest BCUT2D eigenvalue weighted by Crippen LogP contribution is -2.39. The Labute approximate surface area is 120 Å². The van der Waals surface area contributed by atoms with Crippen molar-refractivity contribution >= 4 is 29.5 Å². The minimum Gasteiger partial charge on any atom is -0.478 e. The molecule has 2 aliphatic heterocycles. The third-order valence-electron chi connectivity index (χ3n) is 3.66. The SMILES string of the molecule is O=C(O)c1cccc(N2CC3(CCCSC3)OC2=O)c1. The lowest BCUT2D eigenvalue weighted by molar-refractivity contribution is 0.0661. The van der Waals surface area contributed by atoms with E-state index in [4.69, 9.17) is 9.84 Å². The third-order valence-corrected chi connectivity index (χ3v) is 4.97. The van der Waals surface area contributed by atoms with Gasteiger partial charge in [-0.1, -0.05) is 6.07 Å². The summed E-state index contributed by atoms with van der Waals surface area (Å²) in [6.45, 7) is 0.502. The standard InChI is InChI=1S/C14H15NO4S/c16-12(17)10-3-1-4-11(7-10)15-8-14(19-13(15)18)5-2-6-20-9-14/h1,3-4,7H,2,5-6,8-9H2,(H,16,17). The Kier molecular flexibility index (Phi) is 3.33. The summed E-state index contributed by atoms with van der Waals surface area (Å²) in [5.74, 6) is 0.920. The Morgan fingerprint density at radius 2 is 2.30 bits per heavy atom. The molecule has 1 unspecified atom stereocenters. The quantitative estimate of drug-likeness (QED) is 0.908. The summed E-state index contributed by atoms with van der Waals surface area (Å²) in [4.78, 5) is 24.6. The van der Waals surface area contributed by atoms with Crippen LogP contribution in [0, 0.1) is 0 Å². The Morgan fingerprint density at radius 1 is 1.45 bits per heavy atom. The number of ether oxygens (including phenoxy) is 1. The molecule has 1 atom stereocenters. The number of hydrogen-bond donors (Lipinski definition) is 1. The van der Waals surface area contributed by atoms with Gasteiger partial charge in [-0.2, -0.15) is 11.8 Å². The number of thioether (sulfide) groups is 1. The predicted molar refractivity (Wildman–Crippen MR) is 76.5 cm³/mol. The Bertz CT molecular complexity index is 554. The highest BCUT2D eigenvalue weighted by atomic mass is 32.2. The highest BCUT2D eigenvalue weighted by Crippen LogP contribution is 2.37. The zero-order valence-corrected chi connectivity index (χ0v) is 11.7. The molecule has 0 aromatic heterocycles. The summed E-state index contributed by atoms with van der Waals surface area (Å²) in [5, 5.41) is 9.02. The topological polar surface area (TPSA) is 66.8 Å². The van der Waals surface area contributed by atoms with Crippen LogP contribution in [0.5, 0.6) is 0 Å². The van der Waals surface area contributed by atoms with E-state index in [1.165, 1.54) is 12.1 Å². The van der Waals surface area contributed by atoms with Gasteiger partial charge in [0.15, 0.2) is 0 Å². The zero-order valence-electron chi connectivity index (χ0n) is 10.9. The van der Waals surface area contributed by atoms with Crippen LogP contribution in [0.2, 0.25) is 0 Å². The van der Waals surface area contributed by atoms with Crippen molar-refractivity contribution < 1.29 is 19.4 Å². The minimum atomic E-state index is -0.998. The number of hydrogen-bond acceptors (Lipinski definition) is 4. The van der Waals surface area contributed by atoms with Crippen LogP contribution in [-0.4, -0.2) is 40.8 Å². The van der Waals surface area contributed by atoms with Crippen LogP contribution < -0.4 is 4.90 Å². The molecular weight excluding hydrogens is 278 g/mol. The number of carbonyl (C=O) groups excluding carboxylic acids is 1. The van der Waals surface area contributed by atoms with Gasteiger partial charge in [-0.3, -0.25) is 4.90 Å². The molecule has 1 aromatic carbocycles. The van der Waals surface area contributed by atoms with Gasteiger partial charge < -0.3 is 9.84 Å². The maximum absolute atomic E-state index is 12.1. The predicted octanol–water partition coefficient (Wildman–Crippen LogP) is 2.61. The van der Waals surface area contributed by atoms with Gasteiger partial charge in [0, 0.05) is 11.4 Å². The molecule has 1 spiro atoms. The number of amides is 1. The van der Waals surface area contributed by atoms with Crippen molar-refractivity contribution in [2.75, 3.05) is 23.0 Å². The van der Waals surface area contributed by atoms with Gasteiger partial charge in [0.2, 0.25) is 0 Å². The molecule has 0 aliphatic carbocycles. The fourth-order valence-electron chi connectivity index (χ4n) is 2.66. The molecule has 5 nitrogen and oxygen atoms in total. The van der Waals surface area contributed by atoms with Crippen molar-refractivity contribution in [2.45, 2.75) is 18.4 Å². The van der Waals surface area contributed by atoms with Crippen LogP contribution in [0.15, 0.2) is 24.3 Å². The van der Waals surface area contributed by atoms with E-state index in [0.29, 0.717) is 12.2 Å². The number of benzene rings is 1. The van der Waals surface area contributed by atoms with E-state index in [9.17, 15) is 9.59 Å². The molecule has 2 heterocycles. The van der Waals surface area contributed by atoms with Gasteiger partial charge in [-0.05, 0) is 36.8 Å². The van der Waals surface area contributed by atoms with E-state index in [1.807, 2.05) is 0 Å². The van der Waals surface area contributed by atoms with Gasteiger partial charge >= 0.3 is 12.1 Å². The lowest BCUT2D eigenvalue weighted by Gasteiger charge is -2.30. The molecule has 2 fully saturated rings. The second kappa shape index (κ2) is 5.01. The molecular formula is C14H15NO4S. The van der Waals surface area contributed by atoms with Gasteiger partial charge in [-0.25, -0.2) is 9.59 Å². The lowest BCUT2D eigenvalue weighted by atomic mass is 10.00. The Morgan fingerprint density at radius 3 is 3.00 bits per heavy atom. The average Bonchev–Trinajstić information content (AvgIpc) is 2.76. The van der Waals surface area contributed by atoms with E-state index in [1.54, 1.807) is 28.8 Å². The van der Waals surface area contributed by atoms with Crippen LogP contribution >= 0.6 is 11.8 Å². The number of carboxylic acids is 1. The summed E-state index contributed by atoms with van der Waals surface area (Å²) < 4.78 is 5.58. The van der Waals surface area contributed by atoms with Gasteiger partial charge in [0.05, 0.1) is 12.1 Å². The molecule has 0 radical (unpaired) electrons. The highest BCUT2D eigenvalue weighted by molar-refractivity contribution is 7.99. The molecule has 0 bridgehead atoms. The first-order chi connectivity index (χ1) is 9.60. The first kappa shape index (κ1) is 13.3. The molecule has 1 amide bonds. The van der Waals surface area contributed by atoms with Crippen LogP contribution in [0.1, 0.15) is 23.2 Å². The van der Waals surface area contributed by atoms with Crippen LogP contribution in [0.25, 0.3) is 0 Å². The summed E-state index contributed by atoms with van der Waals surface area (Å²) in [7, 11) is 0. The van der Waals surface area contributed by atoms with Gasteiger partial charge in [-0.15, -0.1) is 0 Å². The molecule has 0 saturated carbocycles. The normalized spacial score (nSPS) is 25.8. The fourth-order valence-corrected chi connectivity index (χ4v) is 3.82. The molecule has 2 saturated heterocycles. The molecule has 1 aromatic rings.